The van der Waals surface area contributed by atoms with Crippen molar-refractivity contribution < 1.29 is 5.11 Å². The molecule has 0 bridgehead atoms. The van der Waals surface area contributed by atoms with E-state index in [4.69, 9.17) is 0 Å². The van der Waals surface area contributed by atoms with Gasteiger partial charge in [0.15, 0.2) is 0 Å². The van der Waals surface area contributed by atoms with Crippen LogP contribution in [0.1, 0.15) is 20.8 Å². The fourth-order valence-corrected chi connectivity index (χ4v) is 1.94. The van der Waals surface area contributed by atoms with E-state index in [9.17, 15) is 5.11 Å². The number of nitrogens with one attached hydrogen (secondary N) is 2. The lowest BCUT2D eigenvalue weighted by Crippen LogP contribution is -2.27. The van der Waals surface area contributed by atoms with Crippen LogP contribution in [-0.2, 0) is 0 Å². The molecule has 0 saturated heterocycles. The molecule has 108 valence electrons. The second-order valence-electron chi connectivity index (χ2n) is 5.04. The maximum atomic E-state index is 9.25. The lowest BCUT2D eigenvalue weighted by atomic mass is 10.1. The van der Waals surface area contributed by atoms with Gasteiger partial charge in [0.1, 0.15) is 5.82 Å². The summed E-state index contributed by atoms with van der Waals surface area (Å²) < 4.78 is 0. The number of hydrogen-bond donors (Lipinski definition) is 3. The number of anilines is 2. The Kier molecular flexibility index (Phi) is 4.74. The summed E-state index contributed by atoms with van der Waals surface area (Å²) in [6.45, 7) is 7.00. The maximum absolute atomic E-state index is 9.25. The van der Waals surface area contributed by atoms with E-state index in [-0.39, 0.29) is 18.6 Å². The van der Waals surface area contributed by atoms with Gasteiger partial charge in [0.25, 0.3) is 0 Å². The summed E-state index contributed by atoms with van der Waals surface area (Å²) in [7, 11) is 0. The summed E-state index contributed by atoms with van der Waals surface area (Å²) in [5.74, 6) is 1.59. The van der Waals surface area contributed by atoms with Gasteiger partial charge < -0.3 is 15.7 Å². The highest BCUT2D eigenvalue weighted by molar-refractivity contribution is 5.90. The summed E-state index contributed by atoms with van der Waals surface area (Å²) in [4.78, 5) is 9.02. The van der Waals surface area contributed by atoms with Gasteiger partial charge in [-0.25, -0.2) is 4.98 Å². The molecule has 5 heteroatoms. The van der Waals surface area contributed by atoms with Crippen LogP contribution in [0.5, 0.6) is 0 Å². The van der Waals surface area contributed by atoms with Crippen molar-refractivity contribution in [3.05, 3.63) is 24.3 Å². The summed E-state index contributed by atoms with van der Waals surface area (Å²) in [6.07, 6.45) is 0. The molecule has 2 atom stereocenters. The summed E-state index contributed by atoms with van der Waals surface area (Å²) in [6, 6.07) is 8.05. The fraction of sp³-hybridized carbons (Fsp3) is 0.467. The maximum Gasteiger partial charge on any atom is 0.225 e. The summed E-state index contributed by atoms with van der Waals surface area (Å²) in [5.41, 5.74) is 0.907. The molecule has 1 aromatic heterocycles. The largest absolute Gasteiger partial charge is 0.396 e. The summed E-state index contributed by atoms with van der Waals surface area (Å²) >= 11 is 0. The van der Waals surface area contributed by atoms with Gasteiger partial charge in [-0.05, 0) is 31.9 Å². The molecule has 0 saturated carbocycles. The van der Waals surface area contributed by atoms with Gasteiger partial charge in [-0.3, -0.25) is 0 Å². The molecule has 2 aromatic rings. The van der Waals surface area contributed by atoms with Crippen molar-refractivity contribution in [1.29, 1.82) is 0 Å². The second-order valence-corrected chi connectivity index (χ2v) is 5.04. The van der Waals surface area contributed by atoms with E-state index in [2.05, 4.69) is 20.6 Å². The van der Waals surface area contributed by atoms with Crippen LogP contribution in [0.3, 0.4) is 0 Å². The predicted octanol–water partition coefficient (Wildman–Crippen LogP) is 2.49. The van der Waals surface area contributed by atoms with Gasteiger partial charge in [0, 0.05) is 24.6 Å². The van der Waals surface area contributed by atoms with Gasteiger partial charge in [-0.15, -0.1) is 0 Å². The highest BCUT2D eigenvalue weighted by Gasteiger charge is 2.14. The number of aliphatic hydroxyl groups excluding tert-OH is 1. The van der Waals surface area contributed by atoms with Crippen LogP contribution in [0.4, 0.5) is 11.8 Å². The van der Waals surface area contributed by atoms with E-state index in [1.54, 1.807) is 0 Å². The Morgan fingerprint density at radius 2 is 1.95 bits per heavy atom. The molecule has 2 unspecified atom stereocenters. The number of hydrogen-bond acceptors (Lipinski definition) is 5. The molecule has 0 aliphatic heterocycles. The van der Waals surface area contributed by atoms with E-state index in [0.717, 1.165) is 23.3 Å². The normalized spacial score (nSPS) is 14.0. The van der Waals surface area contributed by atoms with Gasteiger partial charge in [-0.1, -0.05) is 19.1 Å². The molecule has 0 aliphatic carbocycles. The molecule has 1 heterocycles. The molecule has 0 spiro atoms. The van der Waals surface area contributed by atoms with Crippen LogP contribution in [0.2, 0.25) is 0 Å². The number of fused-ring (bicyclic) bond motifs is 1. The van der Waals surface area contributed by atoms with Crippen molar-refractivity contribution in [1.82, 2.24) is 9.97 Å². The molecule has 20 heavy (non-hydrogen) atoms. The van der Waals surface area contributed by atoms with Crippen molar-refractivity contribution in [2.75, 3.05) is 23.8 Å². The Labute approximate surface area is 119 Å². The number of para-hydroxylation sites is 1. The third-order valence-electron chi connectivity index (χ3n) is 3.44. The first-order valence-electron chi connectivity index (χ1n) is 7.03. The van der Waals surface area contributed by atoms with Crippen LogP contribution in [-0.4, -0.2) is 34.3 Å². The Morgan fingerprint density at radius 1 is 1.20 bits per heavy atom. The van der Waals surface area contributed by atoms with Crippen molar-refractivity contribution in [2.24, 2.45) is 5.92 Å². The standard InChI is InChI=1S/C15H22N4O/c1-4-16-15-18-13-8-6-5-7-12(13)14(19-15)17-11(3)10(2)9-20/h5-8,10-11,20H,4,9H2,1-3H3,(H2,16,17,18,19). The van der Waals surface area contributed by atoms with E-state index >= 15 is 0 Å². The molecular weight excluding hydrogens is 252 g/mol. The zero-order chi connectivity index (χ0) is 14.5. The number of nitrogens with zero attached hydrogens (tertiary/aromatic N) is 2. The third-order valence-corrected chi connectivity index (χ3v) is 3.44. The number of rotatable bonds is 6. The zero-order valence-electron chi connectivity index (χ0n) is 12.2. The minimum absolute atomic E-state index is 0.132. The molecule has 5 nitrogen and oxygen atoms in total. The second kappa shape index (κ2) is 6.52. The van der Waals surface area contributed by atoms with Gasteiger partial charge in [0.2, 0.25) is 5.95 Å². The molecule has 0 amide bonds. The van der Waals surface area contributed by atoms with Gasteiger partial charge >= 0.3 is 0 Å². The highest BCUT2D eigenvalue weighted by atomic mass is 16.3. The molecule has 3 N–H and O–H groups in total. The molecule has 0 aliphatic rings. The van der Waals surface area contributed by atoms with E-state index in [1.165, 1.54) is 0 Å². The molecule has 0 radical (unpaired) electrons. The lowest BCUT2D eigenvalue weighted by molar-refractivity contribution is 0.226. The molecular formula is C15H22N4O. The average molecular weight is 274 g/mol. The third kappa shape index (κ3) is 3.17. The van der Waals surface area contributed by atoms with Crippen molar-refractivity contribution >= 4 is 22.7 Å². The molecule has 1 aromatic carbocycles. The quantitative estimate of drug-likeness (QED) is 0.755. The first-order valence-corrected chi connectivity index (χ1v) is 7.03. The predicted molar refractivity (Wildman–Crippen MR) is 83.0 cm³/mol. The summed E-state index contributed by atoms with van der Waals surface area (Å²) in [5, 5.41) is 16.8. The smallest absolute Gasteiger partial charge is 0.225 e. The van der Waals surface area contributed by atoms with Crippen LogP contribution in [0.25, 0.3) is 10.9 Å². The van der Waals surface area contributed by atoms with Gasteiger partial charge in [0.05, 0.1) is 5.52 Å². The topological polar surface area (TPSA) is 70.1 Å². The van der Waals surface area contributed by atoms with E-state index in [0.29, 0.717) is 5.95 Å². The Bertz CT molecular complexity index is 573. The van der Waals surface area contributed by atoms with Crippen LogP contribution >= 0.6 is 0 Å². The van der Waals surface area contributed by atoms with Crippen LogP contribution in [0.15, 0.2) is 24.3 Å². The SMILES string of the molecule is CCNc1nc(NC(C)C(C)CO)c2ccccc2n1. The van der Waals surface area contributed by atoms with E-state index < -0.39 is 0 Å². The Morgan fingerprint density at radius 3 is 2.65 bits per heavy atom. The molecule has 0 fully saturated rings. The van der Waals surface area contributed by atoms with Crippen molar-refractivity contribution in [2.45, 2.75) is 26.8 Å². The number of aromatic nitrogens is 2. The minimum atomic E-state index is 0.132. The monoisotopic (exact) mass is 274 g/mol. The average Bonchev–Trinajstić information content (AvgIpc) is 2.46. The highest BCUT2D eigenvalue weighted by Crippen LogP contribution is 2.23. The first-order chi connectivity index (χ1) is 9.65. The Hall–Kier alpha value is -1.88. The minimum Gasteiger partial charge on any atom is -0.396 e. The zero-order valence-corrected chi connectivity index (χ0v) is 12.2. The van der Waals surface area contributed by atoms with Crippen LogP contribution in [0, 0.1) is 5.92 Å². The number of aliphatic hydroxyl groups is 1. The first kappa shape index (κ1) is 14.5. The molecule has 2 rings (SSSR count). The Balaban J connectivity index is 2.39. The lowest BCUT2D eigenvalue weighted by Gasteiger charge is -2.21. The van der Waals surface area contributed by atoms with E-state index in [1.807, 2.05) is 45.0 Å². The van der Waals surface area contributed by atoms with Gasteiger partial charge in [-0.2, -0.15) is 4.98 Å². The number of benzene rings is 1. The van der Waals surface area contributed by atoms with Crippen LogP contribution < -0.4 is 10.6 Å². The van der Waals surface area contributed by atoms with Crippen molar-refractivity contribution in [3.8, 4) is 0 Å². The fourth-order valence-electron chi connectivity index (χ4n) is 1.94. The van der Waals surface area contributed by atoms with Crippen molar-refractivity contribution in [3.63, 3.8) is 0 Å².